The second kappa shape index (κ2) is 6.79. The summed E-state index contributed by atoms with van der Waals surface area (Å²) >= 11 is 5.55. The number of halogens is 1. The zero-order valence-corrected chi connectivity index (χ0v) is 9.09. The molecule has 0 amide bonds. The van der Waals surface area contributed by atoms with Crippen LogP contribution >= 0.6 is 11.6 Å². The smallest absolute Gasteiger partial charge is 0.218 e. The van der Waals surface area contributed by atoms with Crippen LogP contribution < -0.4 is 0 Å². The minimum Gasteiger partial charge on any atom is -0.425 e. The van der Waals surface area contributed by atoms with Crippen LogP contribution in [-0.2, 0) is 17.6 Å². The number of alkyl halides is 1. The molecular formula is C9H15ClN2O2. The average molecular weight is 219 g/mol. The molecule has 0 aliphatic rings. The summed E-state index contributed by atoms with van der Waals surface area (Å²) in [6.45, 7) is 3.31. The third kappa shape index (κ3) is 4.07. The standard InChI is InChI=1S/C9H15ClN2O2/c1-2-13-7-5-9-12-11-8(14-9)4-3-6-10/h2-7H2,1H3. The molecule has 0 aromatic carbocycles. The minimum atomic E-state index is 0.622. The first-order valence-corrected chi connectivity index (χ1v) is 5.35. The van der Waals surface area contributed by atoms with Crippen LogP contribution in [0.3, 0.4) is 0 Å². The maximum Gasteiger partial charge on any atom is 0.218 e. The molecular weight excluding hydrogens is 204 g/mol. The van der Waals surface area contributed by atoms with Gasteiger partial charge in [0, 0.05) is 25.3 Å². The van der Waals surface area contributed by atoms with Gasteiger partial charge in [0.1, 0.15) is 0 Å². The van der Waals surface area contributed by atoms with E-state index < -0.39 is 0 Å². The number of aryl methyl sites for hydroxylation is 1. The molecule has 0 unspecified atom stereocenters. The zero-order chi connectivity index (χ0) is 10.2. The van der Waals surface area contributed by atoms with Crippen molar-refractivity contribution in [2.75, 3.05) is 19.1 Å². The molecule has 1 rings (SSSR count). The third-order valence-corrected chi connectivity index (χ3v) is 1.96. The first kappa shape index (κ1) is 11.5. The summed E-state index contributed by atoms with van der Waals surface area (Å²) in [5, 5.41) is 7.80. The normalized spacial score (nSPS) is 10.7. The Labute approximate surface area is 88.6 Å². The lowest BCUT2D eigenvalue weighted by Crippen LogP contribution is -1.97. The Kier molecular flexibility index (Phi) is 5.56. The summed E-state index contributed by atoms with van der Waals surface area (Å²) in [6.07, 6.45) is 2.31. The Morgan fingerprint density at radius 2 is 2.00 bits per heavy atom. The molecule has 5 heteroatoms. The predicted molar refractivity (Wildman–Crippen MR) is 53.5 cm³/mol. The summed E-state index contributed by atoms with van der Waals surface area (Å²) in [5.74, 6) is 1.93. The maximum atomic E-state index is 5.55. The lowest BCUT2D eigenvalue weighted by Gasteiger charge is -1.95. The van der Waals surface area contributed by atoms with Crippen molar-refractivity contribution in [1.82, 2.24) is 10.2 Å². The summed E-state index contributed by atoms with van der Waals surface area (Å²) < 4.78 is 10.6. The Balaban J connectivity index is 2.27. The van der Waals surface area contributed by atoms with Crippen molar-refractivity contribution < 1.29 is 9.15 Å². The molecule has 0 saturated carbocycles. The Morgan fingerprint density at radius 3 is 2.64 bits per heavy atom. The largest absolute Gasteiger partial charge is 0.425 e. The molecule has 80 valence electrons. The predicted octanol–water partition coefficient (Wildman–Crippen LogP) is 1.82. The van der Waals surface area contributed by atoms with Crippen molar-refractivity contribution in [3.8, 4) is 0 Å². The zero-order valence-electron chi connectivity index (χ0n) is 8.33. The van der Waals surface area contributed by atoms with Gasteiger partial charge < -0.3 is 9.15 Å². The lowest BCUT2D eigenvalue weighted by atomic mass is 10.3. The van der Waals surface area contributed by atoms with Crippen molar-refractivity contribution >= 4 is 11.6 Å². The highest BCUT2D eigenvalue weighted by Crippen LogP contribution is 2.04. The Morgan fingerprint density at radius 1 is 1.29 bits per heavy atom. The van der Waals surface area contributed by atoms with E-state index in [-0.39, 0.29) is 0 Å². The SMILES string of the molecule is CCOCCc1nnc(CCCCl)o1. The summed E-state index contributed by atoms with van der Waals surface area (Å²) in [6, 6.07) is 0. The van der Waals surface area contributed by atoms with Gasteiger partial charge in [-0.2, -0.15) is 0 Å². The van der Waals surface area contributed by atoms with Crippen LogP contribution in [0, 0.1) is 0 Å². The van der Waals surface area contributed by atoms with E-state index in [2.05, 4.69) is 10.2 Å². The van der Waals surface area contributed by atoms with Crippen LogP contribution in [0.25, 0.3) is 0 Å². The van der Waals surface area contributed by atoms with Gasteiger partial charge in [0.25, 0.3) is 0 Å². The molecule has 0 aliphatic heterocycles. The van der Waals surface area contributed by atoms with Crippen LogP contribution in [0.4, 0.5) is 0 Å². The molecule has 1 heterocycles. The van der Waals surface area contributed by atoms with E-state index in [0.717, 1.165) is 12.8 Å². The van der Waals surface area contributed by atoms with E-state index in [9.17, 15) is 0 Å². The van der Waals surface area contributed by atoms with Crippen LogP contribution in [-0.4, -0.2) is 29.3 Å². The van der Waals surface area contributed by atoms with E-state index in [1.165, 1.54) is 0 Å². The van der Waals surface area contributed by atoms with Crippen LogP contribution in [0.5, 0.6) is 0 Å². The molecule has 1 aromatic heterocycles. The molecule has 0 bridgehead atoms. The number of hydrogen-bond donors (Lipinski definition) is 0. The van der Waals surface area contributed by atoms with Gasteiger partial charge in [-0.05, 0) is 13.3 Å². The number of nitrogens with zero attached hydrogens (tertiary/aromatic N) is 2. The van der Waals surface area contributed by atoms with Gasteiger partial charge in [0.15, 0.2) is 0 Å². The molecule has 0 aliphatic carbocycles. The Bertz CT molecular complexity index is 253. The monoisotopic (exact) mass is 218 g/mol. The third-order valence-electron chi connectivity index (χ3n) is 1.70. The fourth-order valence-corrected chi connectivity index (χ4v) is 1.15. The highest BCUT2D eigenvalue weighted by atomic mass is 35.5. The fraction of sp³-hybridized carbons (Fsp3) is 0.778. The number of aromatic nitrogens is 2. The van der Waals surface area contributed by atoms with Crippen LogP contribution in [0.2, 0.25) is 0 Å². The van der Waals surface area contributed by atoms with E-state index in [0.29, 0.717) is 37.3 Å². The number of hydrogen-bond acceptors (Lipinski definition) is 4. The van der Waals surface area contributed by atoms with Crippen molar-refractivity contribution in [2.45, 2.75) is 26.2 Å². The van der Waals surface area contributed by atoms with E-state index >= 15 is 0 Å². The first-order chi connectivity index (χ1) is 6.86. The molecule has 4 nitrogen and oxygen atoms in total. The van der Waals surface area contributed by atoms with Crippen molar-refractivity contribution in [3.05, 3.63) is 11.8 Å². The van der Waals surface area contributed by atoms with Crippen LogP contribution in [0.1, 0.15) is 25.1 Å². The summed E-state index contributed by atoms with van der Waals surface area (Å²) in [4.78, 5) is 0. The van der Waals surface area contributed by atoms with Crippen LogP contribution in [0.15, 0.2) is 4.42 Å². The average Bonchev–Trinajstić information content (AvgIpc) is 2.63. The number of rotatable bonds is 7. The highest BCUT2D eigenvalue weighted by Gasteiger charge is 2.04. The van der Waals surface area contributed by atoms with Gasteiger partial charge in [-0.25, -0.2) is 0 Å². The summed E-state index contributed by atoms with van der Waals surface area (Å²) in [7, 11) is 0. The molecule has 0 fully saturated rings. The van der Waals surface area contributed by atoms with Gasteiger partial charge in [-0.15, -0.1) is 21.8 Å². The molecule has 0 atom stereocenters. The molecule has 0 N–H and O–H groups in total. The highest BCUT2D eigenvalue weighted by molar-refractivity contribution is 6.17. The van der Waals surface area contributed by atoms with E-state index in [1.54, 1.807) is 0 Å². The van der Waals surface area contributed by atoms with Gasteiger partial charge in [0.2, 0.25) is 11.8 Å². The van der Waals surface area contributed by atoms with Gasteiger partial charge in [0.05, 0.1) is 6.61 Å². The molecule has 0 saturated heterocycles. The fourth-order valence-electron chi connectivity index (χ4n) is 1.01. The Hall–Kier alpha value is -0.610. The quantitative estimate of drug-likeness (QED) is 0.518. The molecule has 0 spiro atoms. The molecule has 0 radical (unpaired) electrons. The van der Waals surface area contributed by atoms with E-state index in [4.69, 9.17) is 20.8 Å². The van der Waals surface area contributed by atoms with Crippen molar-refractivity contribution in [2.24, 2.45) is 0 Å². The van der Waals surface area contributed by atoms with Gasteiger partial charge >= 0.3 is 0 Å². The maximum absolute atomic E-state index is 5.55. The van der Waals surface area contributed by atoms with Crippen molar-refractivity contribution in [3.63, 3.8) is 0 Å². The topological polar surface area (TPSA) is 48.2 Å². The second-order valence-electron chi connectivity index (χ2n) is 2.83. The molecule has 14 heavy (non-hydrogen) atoms. The van der Waals surface area contributed by atoms with Gasteiger partial charge in [-0.3, -0.25) is 0 Å². The first-order valence-electron chi connectivity index (χ1n) is 4.81. The number of ether oxygens (including phenoxy) is 1. The van der Waals surface area contributed by atoms with Gasteiger partial charge in [-0.1, -0.05) is 0 Å². The minimum absolute atomic E-state index is 0.622. The summed E-state index contributed by atoms with van der Waals surface area (Å²) in [5.41, 5.74) is 0. The second-order valence-corrected chi connectivity index (χ2v) is 3.21. The molecule has 1 aromatic rings. The lowest BCUT2D eigenvalue weighted by molar-refractivity contribution is 0.145. The van der Waals surface area contributed by atoms with Crippen molar-refractivity contribution in [1.29, 1.82) is 0 Å². The van der Waals surface area contributed by atoms with E-state index in [1.807, 2.05) is 6.92 Å².